The molecule has 3 aromatic rings. The third-order valence-electron chi connectivity index (χ3n) is 3.72. The Morgan fingerprint density at radius 2 is 1.96 bits per heavy atom. The molecule has 0 saturated carbocycles. The van der Waals surface area contributed by atoms with E-state index in [-0.39, 0.29) is 21.2 Å². The van der Waals surface area contributed by atoms with Gasteiger partial charge in [-0.25, -0.2) is 4.39 Å². The predicted molar refractivity (Wildman–Crippen MR) is 109 cm³/mol. The SMILES string of the molecule is CC(C)(C)Sc1cc2c(Nc3cc(O)c(Cl)cc3F)ccnc2cc1C=O. The van der Waals surface area contributed by atoms with Crippen LogP contribution in [0.25, 0.3) is 10.9 Å². The van der Waals surface area contributed by atoms with Crippen molar-refractivity contribution in [1.29, 1.82) is 0 Å². The molecule has 3 rings (SSSR count). The molecular weight excluding hydrogens is 387 g/mol. The van der Waals surface area contributed by atoms with Gasteiger partial charge in [-0.15, -0.1) is 11.8 Å². The first kappa shape index (κ1) is 19.5. The van der Waals surface area contributed by atoms with Crippen LogP contribution in [0.15, 0.2) is 41.4 Å². The van der Waals surface area contributed by atoms with Gasteiger partial charge in [-0.3, -0.25) is 9.78 Å². The molecule has 2 N–H and O–H groups in total. The number of carbonyl (C=O) groups is 1. The molecule has 0 spiro atoms. The van der Waals surface area contributed by atoms with E-state index in [4.69, 9.17) is 11.6 Å². The highest BCUT2D eigenvalue weighted by molar-refractivity contribution is 8.00. The lowest BCUT2D eigenvalue weighted by Gasteiger charge is -2.19. The van der Waals surface area contributed by atoms with Crippen molar-refractivity contribution in [2.24, 2.45) is 0 Å². The van der Waals surface area contributed by atoms with Crippen LogP contribution in [-0.4, -0.2) is 21.1 Å². The lowest BCUT2D eigenvalue weighted by Crippen LogP contribution is -2.07. The fraction of sp³-hybridized carbons (Fsp3) is 0.200. The van der Waals surface area contributed by atoms with E-state index in [9.17, 15) is 14.3 Å². The normalized spacial score (nSPS) is 11.6. The fourth-order valence-corrected chi connectivity index (χ4v) is 3.80. The number of halogens is 2. The second-order valence-corrected chi connectivity index (χ2v) is 9.28. The number of anilines is 2. The van der Waals surface area contributed by atoms with Gasteiger partial charge >= 0.3 is 0 Å². The highest BCUT2D eigenvalue weighted by Crippen LogP contribution is 2.38. The van der Waals surface area contributed by atoms with Gasteiger partial charge in [-0.05, 0) is 24.3 Å². The summed E-state index contributed by atoms with van der Waals surface area (Å²) in [6, 6.07) is 7.58. The molecule has 0 atom stereocenters. The van der Waals surface area contributed by atoms with Crippen molar-refractivity contribution in [3.8, 4) is 5.75 Å². The molecule has 27 heavy (non-hydrogen) atoms. The number of nitrogens with one attached hydrogen (secondary N) is 1. The quantitative estimate of drug-likeness (QED) is 0.401. The molecule has 2 aromatic carbocycles. The zero-order valence-corrected chi connectivity index (χ0v) is 16.6. The molecule has 0 aliphatic rings. The van der Waals surface area contributed by atoms with Crippen LogP contribution in [-0.2, 0) is 0 Å². The minimum atomic E-state index is -0.587. The monoisotopic (exact) mass is 404 g/mol. The Hall–Kier alpha value is -2.31. The van der Waals surface area contributed by atoms with Crippen molar-refractivity contribution in [1.82, 2.24) is 4.98 Å². The maximum absolute atomic E-state index is 14.2. The fourth-order valence-electron chi connectivity index (χ4n) is 2.59. The van der Waals surface area contributed by atoms with Crippen LogP contribution in [0.2, 0.25) is 5.02 Å². The number of phenols is 1. The van der Waals surface area contributed by atoms with E-state index in [0.29, 0.717) is 16.8 Å². The van der Waals surface area contributed by atoms with Crippen molar-refractivity contribution in [2.75, 3.05) is 5.32 Å². The summed E-state index contributed by atoms with van der Waals surface area (Å²) in [5, 5.41) is 13.4. The average molecular weight is 405 g/mol. The number of phenolic OH excluding ortho intramolecular Hbond substituents is 1. The van der Waals surface area contributed by atoms with Crippen LogP contribution in [0.3, 0.4) is 0 Å². The molecule has 4 nitrogen and oxygen atoms in total. The summed E-state index contributed by atoms with van der Waals surface area (Å²) in [5.41, 5.74) is 1.86. The summed E-state index contributed by atoms with van der Waals surface area (Å²) in [4.78, 5) is 16.6. The minimum absolute atomic E-state index is 0.0582. The Bertz CT molecular complexity index is 1030. The Morgan fingerprint density at radius 3 is 2.63 bits per heavy atom. The zero-order valence-electron chi connectivity index (χ0n) is 15.0. The predicted octanol–water partition coefficient (Wildman–Crippen LogP) is 6.18. The number of thioether (sulfide) groups is 1. The third kappa shape index (κ3) is 4.34. The molecule has 0 aliphatic carbocycles. The summed E-state index contributed by atoms with van der Waals surface area (Å²) in [6.45, 7) is 6.18. The number of benzene rings is 2. The standard InChI is InChI=1S/C20H18ClFN2O2S/c1-20(2,3)27-19-7-12-15(4-5-23-16(12)6-11(19)10-25)24-17-9-18(26)13(21)8-14(17)22/h4-10,26H,1-3H3,(H,23,24). The molecule has 0 radical (unpaired) electrons. The van der Waals surface area contributed by atoms with Crippen molar-refractivity contribution in [2.45, 2.75) is 30.4 Å². The summed E-state index contributed by atoms with van der Waals surface area (Å²) < 4.78 is 14.1. The number of hydrogen-bond donors (Lipinski definition) is 2. The average Bonchev–Trinajstić information content (AvgIpc) is 2.58. The van der Waals surface area contributed by atoms with Gasteiger partial charge in [0, 0.05) is 38.5 Å². The number of nitrogens with zero attached hydrogens (tertiary/aromatic N) is 1. The van der Waals surface area contributed by atoms with Gasteiger partial charge in [-0.2, -0.15) is 0 Å². The van der Waals surface area contributed by atoms with E-state index in [1.807, 2.05) is 6.07 Å². The molecule has 1 heterocycles. The Morgan fingerprint density at radius 1 is 1.22 bits per heavy atom. The second kappa shape index (κ2) is 7.37. The van der Waals surface area contributed by atoms with E-state index in [0.717, 1.165) is 22.6 Å². The molecule has 7 heteroatoms. The van der Waals surface area contributed by atoms with Crippen molar-refractivity contribution >= 4 is 51.9 Å². The molecule has 1 aromatic heterocycles. The first-order chi connectivity index (χ1) is 12.7. The number of aldehydes is 1. The summed E-state index contributed by atoms with van der Waals surface area (Å²) in [6.07, 6.45) is 2.38. The molecule has 0 aliphatic heterocycles. The van der Waals surface area contributed by atoms with E-state index in [1.54, 1.807) is 30.1 Å². The number of rotatable bonds is 4. The molecule has 0 amide bonds. The topological polar surface area (TPSA) is 62.2 Å². The van der Waals surface area contributed by atoms with Crippen molar-refractivity contribution in [3.63, 3.8) is 0 Å². The molecule has 0 fully saturated rings. The van der Waals surface area contributed by atoms with Gasteiger partial charge in [0.2, 0.25) is 0 Å². The minimum Gasteiger partial charge on any atom is -0.506 e. The summed E-state index contributed by atoms with van der Waals surface area (Å²) in [7, 11) is 0. The highest BCUT2D eigenvalue weighted by atomic mass is 35.5. The number of pyridine rings is 1. The van der Waals surface area contributed by atoms with Crippen LogP contribution in [0.5, 0.6) is 5.75 Å². The van der Waals surface area contributed by atoms with E-state index in [1.165, 1.54) is 6.07 Å². The van der Waals surface area contributed by atoms with E-state index in [2.05, 4.69) is 31.1 Å². The maximum atomic E-state index is 14.2. The lowest BCUT2D eigenvalue weighted by atomic mass is 10.1. The first-order valence-corrected chi connectivity index (χ1v) is 9.39. The van der Waals surface area contributed by atoms with Crippen molar-refractivity contribution in [3.05, 3.63) is 52.9 Å². The highest BCUT2D eigenvalue weighted by Gasteiger charge is 2.17. The van der Waals surface area contributed by atoms with E-state index >= 15 is 0 Å². The lowest BCUT2D eigenvalue weighted by molar-refractivity contribution is 0.112. The number of aromatic nitrogens is 1. The Labute approximate surface area is 165 Å². The number of fused-ring (bicyclic) bond motifs is 1. The summed E-state index contributed by atoms with van der Waals surface area (Å²) in [5.74, 6) is -0.803. The van der Waals surface area contributed by atoms with Crippen LogP contribution < -0.4 is 5.32 Å². The number of hydrogen-bond acceptors (Lipinski definition) is 5. The third-order valence-corrected chi connectivity index (χ3v) is 5.21. The van der Waals surface area contributed by atoms with E-state index < -0.39 is 5.82 Å². The smallest absolute Gasteiger partial charge is 0.151 e. The van der Waals surface area contributed by atoms with Crippen LogP contribution in [0, 0.1) is 5.82 Å². The van der Waals surface area contributed by atoms with Crippen LogP contribution in [0.1, 0.15) is 31.1 Å². The molecule has 140 valence electrons. The Balaban J connectivity index is 2.12. The largest absolute Gasteiger partial charge is 0.506 e. The molecular formula is C20H18ClFN2O2S. The Kier molecular flexibility index (Phi) is 5.31. The van der Waals surface area contributed by atoms with Gasteiger partial charge in [0.25, 0.3) is 0 Å². The summed E-state index contributed by atoms with van der Waals surface area (Å²) >= 11 is 7.31. The van der Waals surface area contributed by atoms with Gasteiger partial charge in [-0.1, -0.05) is 32.4 Å². The maximum Gasteiger partial charge on any atom is 0.151 e. The molecule has 0 unspecified atom stereocenters. The van der Waals surface area contributed by atoms with Crippen LogP contribution in [0.4, 0.5) is 15.8 Å². The number of aromatic hydroxyl groups is 1. The zero-order chi connectivity index (χ0) is 19.8. The van der Waals surface area contributed by atoms with Gasteiger partial charge < -0.3 is 10.4 Å². The second-order valence-electron chi connectivity index (χ2n) is 7.01. The molecule has 0 bridgehead atoms. The van der Waals surface area contributed by atoms with Gasteiger partial charge in [0.05, 0.1) is 16.2 Å². The number of carbonyl (C=O) groups excluding carboxylic acids is 1. The van der Waals surface area contributed by atoms with Gasteiger partial charge in [0.1, 0.15) is 11.6 Å². The van der Waals surface area contributed by atoms with Crippen LogP contribution >= 0.6 is 23.4 Å². The first-order valence-electron chi connectivity index (χ1n) is 8.20. The molecule has 0 saturated heterocycles. The van der Waals surface area contributed by atoms with Crippen molar-refractivity contribution < 1.29 is 14.3 Å². The van der Waals surface area contributed by atoms with Gasteiger partial charge in [0.15, 0.2) is 6.29 Å².